The number of nitrogen functional groups attached to an aromatic ring is 1. The number of carbonyl (C=O) groups excluding carboxylic acids is 1. The van der Waals surface area contributed by atoms with Gasteiger partial charge in [-0.05, 0) is 42.2 Å². The van der Waals surface area contributed by atoms with Crippen LogP contribution in [0, 0.1) is 21.4 Å². The summed E-state index contributed by atoms with van der Waals surface area (Å²) in [6, 6.07) is 3.95. The van der Waals surface area contributed by atoms with Gasteiger partial charge >= 0.3 is 0 Å². The third-order valence-electron chi connectivity index (χ3n) is 5.15. The lowest BCUT2D eigenvalue weighted by Gasteiger charge is -2.33. The average molecular weight is 408 g/mol. The van der Waals surface area contributed by atoms with E-state index in [4.69, 9.17) is 17.3 Å². The van der Waals surface area contributed by atoms with Crippen molar-refractivity contribution in [1.29, 1.82) is 0 Å². The van der Waals surface area contributed by atoms with Crippen molar-refractivity contribution in [3.05, 3.63) is 49.3 Å². The van der Waals surface area contributed by atoms with Crippen LogP contribution >= 0.6 is 22.9 Å². The number of nitro benzene ring substituents is 1. The maximum absolute atomic E-state index is 12.9. The Balaban J connectivity index is 1.89. The number of amides is 1. The SMILES string of the molecule is CC(C)(C)[C@@H]1CCc2c(sc(N)c2C(=O)Nc2cc([N+](=O)[O-])ccc2Cl)C1. The number of nitro groups is 1. The van der Waals surface area contributed by atoms with E-state index in [0.717, 1.165) is 29.7 Å². The Hall–Kier alpha value is -2.12. The molecule has 2 aromatic rings. The second kappa shape index (κ2) is 7.13. The van der Waals surface area contributed by atoms with Crippen LogP contribution in [0.3, 0.4) is 0 Å². The normalized spacial score (nSPS) is 16.7. The van der Waals surface area contributed by atoms with Crippen molar-refractivity contribution in [2.75, 3.05) is 11.1 Å². The molecule has 1 heterocycles. The van der Waals surface area contributed by atoms with Crippen molar-refractivity contribution in [3.63, 3.8) is 0 Å². The van der Waals surface area contributed by atoms with Gasteiger partial charge in [-0.3, -0.25) is 14.9 Å². The maximum atomic E-state index is 12.9. The molecular formula is C19H22ClN3O3S. The molecule has 3 N–H and O–H groups in total. The average Bonchev–Trinajstić information content (AvgIpc) is 2.90. The number of halogens is 1. The topological polar surface area (TPSA) is 98.3 Å². The van der Waals surface area contributed by atoms with Crippen LogP contribution in [-0.2, 0) is 12.8 Å². The van der Waals surface area contributed by atoms with E-state index in [0.29, 0.717) is 16.5 Å². The molecule has 6 nitrogen and oxygen atoms in total. The van der Waals surface area contributed by atoms with Gasteiger partial charge in [0, 0.05) is 17.0 Å². The maximum Gasteiger partial charge on any atom is 0.271 e. The summed E-state index contributed by atoms with van der Waals surface area (Å²) in [4.78, 5) is 24.5. The molecular weight excluding hydrogens is 386 g/mol. The minimum atomic E-state index is -0.528. The number of hydrogen-bond donors (Lipinski definition) is 2. The van der Waals surface area contributed by atoms with Crippen LogP contribution in [-0.4, -0.2) is 10.8 Å². The number of hydrogen-bond acceptors (Lipinski definition) is 5. The highest BCUT2D eigenvalue weighted by Crippen LogP contribution is 2.43. The lowest BCUT2D eigenvalue weighted by molar-refractivity contribution is -0.384. The Morgan fingerprint density at radius 2 is 2.11 bits per heavy atom. The van der Waals surface area contributed by atoms with Crippen molar-refractivity contribution < 1.29 is 9.72 Å². The Morgan fingerprint density at radius 1 is 1.41 bits per heavy atom. The number of rotatable bonds is 3. The molecule has 0 spiro atoms. The summed E-state index contributed by atoms with van der Waals surface area (Å²) in [5.41, 5.74) is 7.91. The molecule has 0 bridgehead atoms. The van der Waals surface area contributed by atoms with Gasteiger partial charge < -0.3 is 11.1 Å². The minimum absolute atomic E-state index is 0.136. The van der Waals surface area contributed by atoms with Crippen LogP contribution in [0.1, 0.15) is 48.0 Å². The molecule has 0 unspecified atom stereocenters. The highest BCUT2D eigenvalue weighted by Gasteiger charge is 2.33. The molecule has 1 aliphatic carbocycles. The van der Waals surface area contributed by atoms with E-state index in [1.54, 1.807) is 0 Å². The van der Waals surface area contributed by atoms with Gasteiger partial charge in [0.05, 0.1) is 26.2 Å². The number of fused-ring (bicyclic) bond motifs is 1. The van der Waals surface area contributed by atoms with Crippen LogP contribution in [0.15, 0.2) is 18.2 Å². The molecule has 1 amide bonds. The zero-order valence-corrected chi connectivity index (χ0v) is 17.0. The molecule has 0 saturated carbocycles. The highest BCUT2D eigenvalue weighted by atomic mass is 35.5. The van der Waals surface area contributed by atoms with Crippen LogP contribution in [0.5, 0.6) is 0 Å². The standard InChI is InChI=1S/C19H22ClN3O3S/c1-19(2,3)10-4-6-12-15(8-10)27-17(21)16(12)18(24)22-14-9-11(23(25)26)5-7-13(14)20/h5,7,9-10H,4,6,8,21H2,1-3H3,(H,22,24)/t10-/m1/s1. The summed E-state index contributed by atoms with van der Waals surface area (Å²) in [5, 5.41) is 14.4. The number of nitrogens with two attached hydrogens (primary N) is 1. The smallest absolute Gasteiger partial charge is 0.271 e. The van der Waals surface area contributed by atoms with Crippen molar-refractivity contribution >= 4 is 45.2 Å². The van der Waals surface area contributed by atoms with E-state index >= 15 is 0 Å². The molecule has 1 aromatic carbocycles. The molecule has 3 rings (SSSR count). The third-order valence-corrected chi connectivity index (χ3v) is 6.57. The van der Waals surface area contributed by atoms with Crippen LogP contribution in [0.25, 0.3) is 0 Å². The van der Waals surface area contributed by atoms with E-state index in [1.165, 1.54) is 29.5 Å². The molecule has 0 radical (unpaired) electrons. The Morgan fingerprint density at radius 3 is 2.74 bits per heavy atom. The first-order chi connectivity index (χ1) is 12.6. The molecule has 27 heavy (non-hydrogen) atoms. The number of non-ortho nitro benzene ring substituents is 1. The number of benzene rings is 1. The molecule has 8 heteroatoms. The zero-order chi connectivity index (χ0) is 19.9. The fourth-order valence-electron chi connectivity index (χ4n) is 3.50. The van der Waals surface area contributed by atoms with E-state index < -0.39 is 4.92 Å². The summed E-state index contributed by atoms with van der Waals surface area (Å²) >= 11 is 7.56. The summed E-state index contributed by atoms with van der Waals surface area (Å²) in [5.74, 6) is 0.173. The summed E-state index contributed by atoms with van der Waals surface area (Å²) < 4.78 is 0. The largest absolute Gasteiger partial charge is 0.390 e. The second-order valence-electron chi connectivity index (χ2n) is 7.92. The van der Waals surface area contributed by atoms with Gasteiger partial charge in [0.2, 0.25) is 0 Å². The number of nitrogens with one attached hydrogen (secondary N) is 1. The number of thiophene rings is 1. The lowest BCUT2D eigenvalue weighted by Crippen LogP contribution is -2.27. The lowest BCUT2D eigenvalue weighted by atomic mass is 9.72. The van der Waals surface area contributed by atoms with E-state index in [9.17, 15) is 14.9 Å². The van der Waals surface area contributed by atoms with Crippen LogP contribution in [0.2, 0.25) is 5.02 Å². The van der Waals surface area contributed by atoms with E-state index in [2.05, 4.69) is 26.1 Å². The first-order valence-electron chi connectivity index (χ1n) is 8.73. The molecule has 144 valence electrons. The fraction of sp³-hybridized carbons (Fsp3) is 0.421. The molecule has 1 atom stereocenters. The van der Waals surface area contributed by atoms with Crippen molar-refractivity contribution in [1.82, 2.24) is 0 Å². The quantitative estimate of drug-likeness (QED) is 0.533. The van der Waals surface area contributed by atoms with Crippen LogP contribution in [0.4, 0.5) is 16.4 Å². The predicted molar refractivity (Wildman–Crippen MR) is 110 cm³/mol. The van der Waals surface area contributed by atoms with Crippen molar-refractivity contribution in [3.8, 4) is 0 Å². The fourth-order valence-corrected chi connectivity index (χ4v) is 4.86. The van der Waals surface area contributed by atoms with Gasteiger partial charge in [0.1, 0.15) is 0 Å². The molecule has 0 fully saturated rings. The first kappa shape index (κ1) is 19.6. The van der Waals surface area contributed by atoms with Crippen molar-refractivity contribution in [2.24, 2.45) is 11.3 Å². The third kappa shape index (κ3) is 3.94. The minimum Gasteiger partial charge on any atom is -0.390 e. The van der Waals surface area contributed by atoms with Gasteiger partial charge in [-0.25, -0.2) is 0 Å². The number of carbonyl (C=O) groups is 1. The molecule has 1 aliphatic rings. The number of nitrogens with zero attached hydrogens (tertiary/aromatic N) is 1. The Bertz CT molecular complexity index is 918. The molecule has 0 aliphatic heterocycles. The summed E-state index contributed by atoms with van der Waals surface area (Å²) in [7, 11) is 0. The second-order valence-corrected chi connectivity index (χ2v) is 9.47. The molecule has 1 aromatic heterocycles. The predicted octanol–water partition coefficient (Wildman–Crippen LogP) is 5.30. The Kier molecular flexibility index (Phi) is 5.18. The van der Waals surface area contributed by atoms with Gasteiger partial charge in [0.25, 0.3) is 11.6 Å². The monoisotopic (exact) mass is 407 g/mol. The van der Waals surface area contributed by atoms with Crippen LogP contribution < -0.4 is 11.1 Å². The van der Waals surface area contributed by atoms with Gasteiger partial charge in [-0.1, -0.05) is 32.4 Å². The van der Waals surface area contributed by atoms with E-state index in [1.807, 2.05) is 0 Å². The van der Waals surface area contributed by atoms with Gasteiger partial charge in [-0.15, -0.1) is 11.3 Å². The highest BCUT2D eigenvalue weighted by molar-refractivity contribution is 7.16. The zero-order valence-electron chi connectivity index (χ0n) is 15.5. The van der Waals surface area contributed by atoms with Gasteiger partial charge in [-0.2, -0.15) is 0 Å². The van der Waals surface area contributed by atoms with Gasteiger partial charge in [0.15, 0.2) is 0 Å². The molecule has 0 saturated heterocycles. The van der Waals surface area contributed by atoms with Crippen molar-refractivity contribution in [2.45, 2.75) is 40.0 Å². The first-order valence-corrected chi connectivity index (χ1v) is 9.92. The summed E-state index contributed by atoms with van der Waals surface area (Å²) in [6.45, 7) is 6.70. The Labute approximate surface area is 166 Å². The number of anilines is 2. The van der Waals surface area contributed by atoms with E-state index in [-0.39, 0.29) is 27.7 Å². The summed E-state index contributed by atoms with van der Waals surface area (Å²) in [6.07, 6.45) is 2.72.